The normalized spacial score (nSPS) is 26.5. The molecule has 71 valence electrons. The first-order chi connectivity index (χ1) is 5.72. The SMILES string of the molecule is C[C](C)CN1CCO[C@H](CBr)C1. The number of alkyl halides is 1. The van der Waals surface area contributed by atoms with Crippen molar-refractivity contribution < 1.29 is 4.74 Å². The monoisotopic (exact) mass is 234 g/mol. The van der Waals surface area contributed by atoms with Crippen LogP contribution in [0.3, 0.4) is 0 Å². The van der Waals surface area contributed by atoms with Crippen molar-refractivity contribution in [1.82, 2.24) is 4.90 Å². The van der Waals surface area contributed by atoms with Crippen molar-refractivity contribution in [1.29, 1.82) is 0 Å². The molecular weight excluding hydrogens is 218 g/mol. The van der Waals surface area contributed by atoms with E-state index in [0.29, 0.717) is 6.10 Å². The van der Waals surface area contributed by atoms with Gasteiger partial charge in [-0.3, -0.25) is 4.90 Å². The zero-order valence-corrected chi connectivity index (χ0v) is 9.43. The lowest BCUT2D eigenvalue weighted by molar-refractivity contribution is -0.0132. The van der Waals surface area contributed by atoms with Crippen LogP contribution in [0.15, 0.2) is 0 Å². The molecule has 3 heteroatoms. The van der Waals surface area contributed by atoms with E-state index in [-0.39, 0.29) is 0 Å². The molecule has 1 atom stereocenters. The second-order valence-corrected chi connectivity index (χ2v) is 4.24. The number of morpholine rings is 1. The first-order valence-corrected chi connectivity index (χ1v) is 5.53. The zero-order chi connectivity index (χ0) is 8.97. The number of hydrogen-bond acceptors (Lipinski definition) is 2. The second kappa shape index (κ2) is 5.20. The van der Waals surface area contributed by atoms with Crippen LogP contribution in [0.4, 0.5) is 0 Å². The summed E-state index contributed by atoms with van der Waals surface area (Å²) in [5, 5.41) is 0.951. The highest BCUT2D eigenvalue weighted by Crippen LogP contribution is 2.09. The summed E-state index contributed by atoms with van der Waals surface area (Å²) in [5.74, 6) is 1.48. The van der Waals surface area contributed by atoms with Gasteiger partial charge in [-0.2, -0.15) is 0 Å². The van der Waals surface area contributed by atoms with Gasteiger partial charge in [-0.05, 0) is 5.92 Å². The Kier molecular flexibility index (Phi) is 4.54. The van der Waals surface area contributed by atoms with Gasteiger partial charge in [-0.1, -0.05) is 29.8 Å². The molecule has 1 aliphatic rings. The van der Waals surface area contributed by atoms with Crippen LogP contribution in [-0.2, 0) is 4.74 Å². The van der Waals surface area contributed by atoms with Crippen LogP contribution >= 0.6 is 15.9 Å². The van der Waals surface area contributed by atoms with Crippen molar-refractivity contribution >= 4 is 15.9 Å². The molecule has 0 aliphatic carbocycles. The van der Waals surface area contributed by atoms with Gasteiger partial charge >= 0.3 is 0 Å². The van der Waals surface area contributed by atoms with Crippen molar-refractivity contribution in [3.63, 3.8) is 0 Å². The molecule has 1 radical (unpaired) electrons. The summed E-state index contributed by atoms with van der Waals surface area (Å²) >= 11 is 3.45. The molecule has 2 nitrogen and oxygen atoms in total. The van der Waals surface area contributed by atoms with E-state index in [1.807, 2.05) is 0 Å². The second-order valence-electron chi connectivity index (χ2n) is 3.59. The minimum atomic E-state index is 0.387. The maximum absolute atomic E-state index is 5.54. The Morgan fingerprint density at radius 3 is 2.92 bits per heavy atom. The van der Waals surface area contributed by atoms with Crippen LogP contribution in [-0.4, -0.2) is 42.6 Å². The summed E-state index contributed by atoms with van der Waals surface area (Å²) in [7, 11) is 0. The van der Waals surface area contributed by atoms with E-state index in [4.69, 9.17) is 4.74 Å². The highest BCUT2D eigenvalue weighted by Gasteiger charge is 2.19. The highest BCUT2D eigenvalue weighted by molar-refractivity contribution is 9.09. The average Bonchev–Trinajstić information content (AvgIpc) is 2.03. The topological polar surface area (TPSA) is 12.5 Å². The Morgan fingerprint density at radius 2 is 2.33 bits per heavy atom. The molecule has 1 heterocycles. The summed E-state index contributed by atoms with van der Waals surface area (Å²) in [6.45, 7) is 8.50. The van der Waals surface area contributed by atoms with Crippen LogP contribution in [0.2, 0.25) is 0 Å². The van der Waals surface area contributed by atoms with Gasteiger partial charge in [-0.15, -0.1) is 0 Å². The molecular formula is C9H17BrNO. The van der Waals surface area contributed by atoms with E-state index in [1.165, 1.54) is 5.92 Å². The Morgan fingerprint density at radius 1 is 1.58 bits per heavy atom. The van der Waals surface area contributed by atoms with Crippen LogP contribution in [0.25, 0.3) is 0 Å². The van der Waals surface area contributed by atoms with Gasteiger partial charge in [0.2, 0.25) is 0 Å². The maximum atomic E-state index is 5.54. The molecule has 0 spiro atoms. The van der Waals surface area contributed by atoms with Crippen LogP contribution in [0.5, 0.6) is 0 Å². The molecule has 12 heavy (non-hydrogen) atoms. The summed E-state index contributed by atoms with van der Waals surface area (Å²) in [6, 6.07) is 0. The summed E-state index contributed by atoms with van der Waals surface area (Å²) in [5.41, 5.74) is 0. The molecule has 0 aromatic carbocycles. The number of hydrogen-bond donors (Lipinski definition) is 0. The lowest BCUT2D eigenvalue weighted by Crippen LogP contribution is -2.44. The van der Waals surface area contributed by atoms with Gasteiger partial charge in [0.25, 0.3) is 0 Å². The van der Waals surface area contributed by atoms with Gasteiger partial charge in [0.1, 0.15) is 0 Å². The number of rotatable bonds is 3. The fourth-order valence-corrected chi connectivity index (χ4v) is 1.86. The van der Waals surface area contributed by atoms with Gasteiger partial charge in [0, 0.05) is 25.0 Å². The molecule has 1 aliphatic heterocycles. The van der Waals surface area contributed by atoms with Crippen LogP contribution < -0.4 is 0 Å². The number of halogens is 1. The number of nitrogens with zero attached hydrogens (tertiary/aromatic N) is 1. The average molecular weight is 235 g/mol. The predicted octanol–water partition coefficient (Wildman–Crippen LogP) is 1.70. The third-order valence-corrected chi connectivity index (χ3v) is 2.66. The Bertz CT molecular complexity index is 130. The van der Waals surface area contributed by atoms with Gasteiger partial charge in [0.15, 0.2) is 0 Å². The Labute approximate surface area is 83.4 Å². The fourth-order valence-electron chi connectivity index (χ4n) is 1.46. The van der Waals surface area contributed by atoms with E-state index in [2.05, 4.69) is 34.7 Å². The Balaban J connectivity index is 2.25. The van der Waals surface area contributed by atoms with Crippen LogP contribution in [0, 0.1) is 5.92 Å². The first kappa shape index (κ1) is 10.5. The largest absolute Gasteiger partial charge is 0.375 e. The summed E-state index contributed by atoms with van der Waals surface area (Å²) in [4.78, 5) is 2.45. The first-order valence-electron chi connectivity index (χ1n) is 4.41. The van der Waals surface area contributed by atoms with Gasteiger partial charge in [0.05, 0.1) is 12.7 Å². The third kappa shape index (κ3) is 3.42. The standard InChI is InChI=1S/C9H17BrNO/c1-8(2)6-11-3-4-12-9(5-10)7-11/h9H,3-7H2,1-2H3/t9-/m1/s1. The van der Waals surface area contributed by atoms with Gasteiger partial charge in [-0.25, -0.2) is 0 Å². The molecule has 0 bridgehead atoms. The zero-order valence-electron chi connectivity index (χ0n) is 7.85. The molecule has 1 fully saturated rings. The maximum Gasteiger partial charge on any atom is 0.0799 e. The lowest BCUT2D eigenvalue weighted by Gasteiger charge is -2.32. The molecule has 1 rings (SSSR count). The molecule has 0 saturated carbocycles. The molecule has 1 saturated heterocycles. The predicted molar refractivity (Wildman–Crippen MR) is 54.6 cm³/mol. The van der Waals surface area contributed by atoms with E-state index in [0.717, 1.165) is 31.6 Å². The molecule has 0 unspecified atom stereocenters. The van der Waals surface area contributed by atoms with Crippen molar-refractivity contribution in [3.05, 3.63) is 5.92 Å². The van der Waals surface area contributed by atoms with Crippen LogP contribution in [0.1, 0.15) is 13.8 Å². The van der Waals surface area contributed by atoms with Gasteiger partial charge < -0.3 is 4.74 Å². The minimum absolute atomic E-state index is 0.387. The molecule has 0 N–H and O–H groups in total. The Hall–Kier alpha value is 0.400. The van der Waals surface area contributed by atoms with Crippen molar-refractivity contribution in [2.24, 2.45) is 0 Å². The van der Waals surface area contributed by atoms with Crippen molar-refractivity contribution in [2.75, 3.05) is 31.6 Å². The highest BCUT2D eigenvalue weighted by atomic mass is 79.9. The van der Waals surface area contributed by atoms with Crippen molar-refractivity contribution in [2.45, 2.75) is 20.0 Å². The van der Waals surface area contributed by atoms with E-state index >= 15 is 0 Å². The molecule has 0 amide bonds. The lowest BCUT2D eigenvalue weighted by atomic mass is 10.2. The smallest absolute Gasteiger partial charge is 0.0799 e. The minimum Gasteiger partial charge on any atom is -0.375 e. The van der Waals surface area contributed by atoms with E-state index in [1.54, 1.807) is 0 Å². The molecule has 0 aromatic heterocycles. The summed E-state index contributed by atoms with van der Waals surface area (Å²) in [6.07, 6.45) is 0.387. The van der Waals surface area contributed by atoms with Crippen molar-refractivity contribution in [3.8, 4) is 0 Å². The quantitative estimate of drug-likeness (QED) is 0.690. The van der Waals surface area contributed by atoms with E-state index < -0.39 is 0 Å². The van der Waals surface area contributed by atoms with E-state index in [9.17, 15) is 0 Å². The molecule has 0 aromatic rings. The third-order valence-electron chi connectivity index (χ3n) is 1.93. The number of ether oxygens (including phenoxy) is 1. The fraction of sp³-hybridized carbons (Fsp3) is 0.889. The summed E-state index contributed by atoms with van der Waals surface area (Å²) < 4.78 is 5.54.